The summed E-state index contributed by atoms with van der Waals surface area (Å²) >= 11 is 0. The predicted molar refractivity (Wildman–Crippen MR) is 236 cm³/mol. The zero-order chi connectivity index (χ0) is 46.9. The summed E-state index contributed by atoms with van der Waals surface area (Å²) in [6.07, 6.45) is 3.08. The van der Waals surface area contributed by atoms with Crippen LogP contribution in [0.25, 0.3) is 83.0 Å². The molecule has 0 aliphatic rings. The first-order valence-electron chi connectivity index (χ1n) is 23.5. The van der Waals surface area contributed by atoms with Gasteiger partial charge in [-0.3, -0.25) is 9.97 Å². The molecule has 0 spiro atoms. The largest absolute Gasteiger partial charge is 0.501 e. The molecule has 58 heavy (non-hydrogen) atoms. The normalized spacial score (nSPS) is 14.5. The molecule has 5 nitrogen and oxygen atoms in total. The number of aryl methyl sites for hydroxylation is 3. The minimum Gasteiger partial charge on any atom is -0.501 e. The van der Waals surface area contributed by atoms with Crippen molar-refractivity contribution in [2.75, 3.05) is 0 Å². The summed E-state index contributed by atoms with van der Waals surface area (Å²) in [5.41, 5.74) is 9.34. The van der Waals surface area contributed by atoms with Crippen molar-refractivity contribution in [3.63, 3.8) is 0 Å². The zero-order valence-corrected chi connectivity index (χ0v) is 34.7. The first-order chi connectivity index (χ1) is 31.3. The quantitative estimate of drug-likeness (QED) is 0.127. The third-order valence-corrected chi connectivity index (χ3v) is 10.5. The average molecular weight is 942 g/mol. The van der Waals surface area contributed by atoms with Gasteiger partial charge in [0.05, 0.1) is 28.0 Å². The topological polar surface area (TPSA) is 56.7 Å². The first-order valence-corrected chi connectivity index (χ1v) is 19.0. The Kier molecular flexibility index (Phi) is 7.97. The summed E-state index contributed by atoms with van der Waals surface area (Å²) in [6.45, 7) is 1.65. The van der Waals surface area contributed by atoms with Gasteiger partial charge in [0.15, 0.2) is 0 Å². The minimum atomic E-state index is -2.61. The van der Waals surface area contributed by atoms with E-state index in [4.69, 9.17) is 26.7 Å². The molecule has 0 atom stereocenters. The van der Waals surface area contributed by atoms with Gasteiger partial charge in [0, 0.05) is 66.7 Å². The van der Waals surface area contributed by atoms with Crippen LogP contribution in [-0.4, -0.2) is 19.5 Å². The van der Waals surface area contributed by atoms with E-state index < -0.39 is 20.6 Å². The van der Waals surface area contributed by atoms with Gasteiger partial charge in [-0.25, -0.2) is 0 Å². The Bertz CT molecular complexity index is 3460. The number of hydrogen-bond donors (Lipinski definition) is 0. The van der Waals surface area contributed by atoms with E-state index in [-0.39, 0.29) is 54.3 Å². The Morgan fingerprint density at radius 1 is 0.672 bits per heavy atom. The van der Waals surface area contributed by atoms with E-state index in [0.717, 1.165) is 56.1 Å². The average Bonchev–Trinajstić information content (AvgIpc) is 3.86. The minimum absolute atomic E-state index is 0. The third-order valence-electron chi connectivity index (χ3n) is 10.5. The molecule has 10 rings (SSSR count). The van der Waals surface area contributed by atoms with Crippen molar-refractivity contribution in [1.29, 1.82) is 0 Å². The van der Waals surface area contributed by atoms with Gasteiger partial charge >= 0.3 is 0 Å². The molecule has 6 aromatic carbocycles. The molecule has 6 heteroatoms. The molecule has 10 aromatic rings. The fourth-order valence-electron chi connectivity index (χ4n) is 7.78. The summed E-state index contributed by atoms with van der Waals surface area (Å²) in [5, 5.41) is 5.77. The van der Waals surface area contributed by atoms with Crippen LogP contribution in [0.2, 0.25) is 0 Å². The Morgan fingerprint density at radius 2 is 1.45 bits per heavy atom. The van der Waals surface area contributed by atoms with E-state index in [1.54, 1.807) is 0 Å². The van der Waals surface area contributed by atoms with Gasteiger partial charge in [0.2, 0.25) is 0 Å². The van der Waals surface area contributed by atoms with E-state index in [0.29, 0.717) is 5.56 Å². The molecule has 1 radical (unpaired) electrons. The number of rotatable bonds is 5. The molecule has 289 valence electrons. The molecule has 0 saturated heterocycles. The van der Waals surface area contributed by atoms with Crippen LogP contribution < -0.4 is 0 Å². The van der Waals surface area contributed by atoms with Crippen LogP contribution in [0.15, 0.2) is 132 Å². The van der Waals surface area contributed by atoms with Crippen molar-refractivity contribution < 1.29 is 36.9 Å². The van der Waals surface area contributed by atoms with Gasteiger partial charge in [0.1, 0.15) is 5.58 Å². The third kappa shape index (κ3) is 6.81. The van der Waals surface area contributed by atoms with Gasteiger partial charge in [0.25, 0.3) is 0 Å². The number of aromatic nitrogens is 4. The molecule has 0 aliphatic heterocycles. The van der Waals surface area contributed by atoms with Crippen LogP contribution >= 0.6 is 0 Å². The van der Waals surface area contributed by atoms with Gasteiger partial charge in [-0.05, 0) is 83.6 Å². The maximum absolute atomic E-state index is 7.54. The second-order valence-electron chi connectivity index (χ2n) is 14.8. The predicted octanol–water partition coefficient (Wildman–Crippen LogP) is 13.8. The molecule has 0 N–H and O–H groups in total. The van der Waals surface area contributed by atoms with Crippen LogP contribution in [0, 0.1) is 32.7 Å². The SMILES string of the molecule is CC(C)c1cc2c(cnc3ccccc32)c(C(C)C)c1-n1c(-c2[c-]ccc3c2oc2ccccc23)nc2ccccc21.[2H]C([2H])([2H])c1c[c-]c(-c2cc(C([2H])([2H])[2H])c(C([2H])([2H])[2H])cn2)cc1.[Ir]. The van der Waals surface area contributed by atoms with Gasteiger partial charge < -0.3 is 14.0 Å². The Balaban J connectivity index is 0.000000209. The van der Waals surface area contributed by atoms with Crippen LogP contribution in [0.1, 0.15) is 79.7 Å². The van der Waals surface area contributed by atoms with Crippen molar-refractivity contribution in [2.45, 2.75) is 60.1 Å². The number of pyridine rings is 2. The fourth-order valence-corrected chi connectivity index (χ4v) is 7.78. The second kappa shape index (κ2) is 15.8. The number of imidazole rings is 1. The first kappa shape index (κ1) is 29.3. The molecule has 0 aliphatic carbocycles. The Morgan fingerprint density at radius 3 is 2.21 bits per heavy atom. The molecule has 0 fully saturated rings. The number of para-hydroxylation sites is 4. The molecule has 4 heterocycles. The molecule has 0 amide bonds. The number of furan rings is 1. The maximum atomic E-state index is 7.54. The van der Waals surface area contributed by atoms with Crippen molar-refractivity contribution in [3.05, 3.63) is 168 Å². The van der Waals surface area contributed by atoms with Crippen LogP contribution in [0.4, 0.5) is 0 Å². The van der Waals surface area contributed by atoms with E-state index in [9.17, 15) is 0 Å². The molecule has 0 bridgehead atoms. The fraction of sp³-hybridized carbons (Fsp3) is 0.173. The van der Waals surface area contributed by atoms with E-state index in [1.807, 2.05) is 18.2 Å². The monoisotopic (exact) mass is 942 g/mol. The van der Waals surface area contributed by atoms with Crippen molar-refractivity contribution in [3.8, 4) is 28.3 Å². The Hall–Kier alpha value is -5.94. The smallest absolute Gasteiger partial charge is 0.120 e. The number of hydrogen-bond acceptors (Lipinski definition) is 4. The summed E-state index contributed by atoms with van der Waals surface area (Å²) in [5.74, 6) is 1.34. The molecule has 0 unspecified atom stereocenters. The summed E-state index contributed by atoms with van der Waals surface area (Å²) in [7, 11) is 0. The van der Waals surface area contributed by atoms with Gasteiger partial charge in [-0.2, -0.15) is 0 Å². The maximum Gasteiger partial charge on any atom is 0.120 e. The van der Waals surface area contributed by atoms with Crippen molar-refractivity contribution in [2.24, 2.45) is 0 Å². The molecular weight excluding hydrogens is 889 g/mol. The van der Waals surface area contributed by atoms with Crippen LogP contribution in [-0.2, 0) is 20.1 Å². The van der Waals surface area contributed by atoms with E-state index in [1.165, 1.54) is 57.2 Å². The Labute approximate surface area is 365 Å². The number of nitrogens with zero attached hydrogens (tertiary/aromatic N) is 4. The van der Waals surface area contributed by atoms with E-state index >= 15 is 0 Å². The summed E-state index contributed by atoms with van der Waals surface area (Å²) in [6, 6.07) is 43.1. The summed E-state index contributed by atoms with van der Waals surface area (Å²) < 4.78 is 75.8. The zero-order valence-electron chi connectivity index (χ0n) is 41.3. The number of benzene rings is 6. The van der Waals surface area contributed by atoms with Crippen molar-refractivity contribution in [1.82, 2.24) is 19.5 Å². The molecule has 0 saturated carbocycles. The standard InChI is InChI=1S/C38H30N3O.C14H14N.Ir/c1-22(2)28-20-29-24-12-5-7-16-31(24)39-21-30(29)35(23(3)4)36(28)41-33-18-9-8-17-32(33)40-38(41)27-15-11-14-26-25-13-6-10-19-34(25)42-37(26)27;1-10-4-6-13(7-5-10)14-8-11(2)12(3)9-15-14;/h5-14,16-23H,1-4H3;4-6,8-9H,1-3H3;/q2*-1;/i;1D3,2D3,3D3;. The second-order valence-corrected chi connectivity index (χ2v) is 14.8. The van der Waals surface area contributed by atoms with Crippen LogP contribution in [0.3, 0.4) is 0 Å². The van der Waals surface area contributed by atoms with Gasteiger partial charge in [-0.15, -0.1) is 53.6 Å². The van der Waals surface area contributed by atoms with Crippen molar-refractivity contribution >= 4 is 54.6 Å². The molecule has 4 aromatic heterocycles. The molecular formula is C52H44IrN4O-2. The summed E-state index contributed by atoms with van der Waals surface area (Å²) in [4.78, 5) is 14.2. The van der Waals surface area contributed by atoms with Crippen LogP contribution in [0.5, 0.6) is 0 Å². The van der Waals surface area contributed by atoms with Gasteiger partial charge in [-0.1, -0.05) is 106 Å². The number of fused-ring (bicyclic) bond motifs is 7. The van der Waals surface area contributed by atoms with E-state index in [2.05, 4.69) is 128 Å².